The number of hydrogen-bond acceptors (Lipinski definition) is 6. The third-order valence-electron chi connectivity index (χ3n) is 4.47. The van der Waals surface area contributed by atoms with E-state index in [1.54, 1.807) is 18.5 Å². The first-order chi connectivity index (χ1) is 12.6. The number of ether oxygens (including phenoxy) is 1. The number of carbonyl (C=O) groups is 1. The number of hydrogen-bond donors (Lipinski definition) is 2. The summed E-state index contributed by atoms with van der Waals surface area (Å²) in [5.41, 5.74) is 0.968. The summed E-state index contributed by atoms with van der Waals surface area (Å²) in [6.45, 7) is 3.40. The van der Waals surface area contributed by atoms with Crippen molar-refractivity contribution in [3.8, 4) is 5.75 Å². The van der Waals surface area contributed by atoms with E-state index in [1.165, 1.54) is 0 Å². The fourth-order valence-electron chi connectivity index (χ4n) is 2.94. The number of amides is 1. The van der Waals surface area contributed by atoms with Crippen LogP contribution in [0.25, 0.3) is 0 Å². The fourth-order valence-corrected chi connectivity index (χ4v) is 2.94. The molecule has 1 atom stereocenters. The molecule has 1 aliphatic rings. The van der Waals surface area contributed by atoms with Gasteiger partial charge in [-0.2, -0.15) is 0 Å². The van der Waals surface area contributed by atoms with Crippen molar-refractivity contribution in [2.45, 2.75) is 31.9 Å². The van der Waals surface area contributed by atoms with Crippen LogP contribution in [0.4, 0.5) is 5.95 Å². The van der Waals surface area contributed by atoms with Crippen LogP contribution >= 0.6 is 0 Å². The van der Waals surface area contributed by atoms with Crippen molar-refractivity contribution in [2.75, 3.05) is 24.6 Å². The molecule has 1 fully saturated rings. The molecule has 0 radical (unpaired) electrons. The van der Waals surface area contributed by atoms with Crippen molar-refractivity contribution in [1.82, 2.24) is 15.3 Å². The molecule has 1 amide bonds. The van der Waals surface area contributed by atoms with Crippen molar-refractivity contribution in [3.63, 3.8) is 0 Å². The van der Waals surface area contributed by atoms with Gasteiger partial charge in [-0.1, -0.05) is 18.2 Å². The van der Waals surface area contributed by atoms with Gasteiger partial charge in [0.25, 0.3) is 5.91 Å². The predicted molar refractivity (Wildman–Crippen MR) is 98.1 cm³/mol. The first-order valence-corrected chi connectivity index (χ1v) is 8.82. The quantitative estimate of drug-likeness (QED) is 0.811. The number of nitrogens with one attached hydrogen (secondary N) is 1. The molecule has 1 aromatic heterocycles. The summed E-state index contributed by atoms with van der Waals surface area (Å²) in [6, 6.07) is 9.34. The van der Waals surface area contributed by atoms with Gasteiger partial charge in [-0.3, -0.25) is 4.79 Å². The second kappa shape index (κ2) is 8.62. The molecule has 7 heteroatoms. The second-order valence-corrected chi connectivity index (χ2v) is 6.41. The Labute approximate surface area is 153 Å². The Morgan fingerprint density at radius 3 is 2.65 bits per heavy atom. The summed E-state index contributed by atoms with van der Waals surface area (Å²) in [5.74, 6) is 0.993. The lowest BCUT2D eigenvalue weighted by molar-refractivity contribution is -0.131. The fraction of sp³-hybridized carbons (Fsp3) is 0.421. The molecule has 0 saturated carbocycles. The highest BCUT2D eigenvalue weighted by Gasteiger charge is 2.25. The zero-order valence-electron chi connectivity index (χ0n) is 14.8. The SMILES string of the molecule is Cc1ccccc1OC[C@@H](O)C(=O)NC1CCN(c2ncccn2)CC1. The maximum absolute atomic E-state index is 12.2. The van der Waals surface area contributed by atoms with E-state index in [0.717, 1.165) is 31.5 Å². The number of rotatable bonds is 6. The maximum Gasteiger partial charge on any atom is 0.252 e. The molecule has 0 spiro atoms. The first-order valence-electron chi connectivity index (χ1n) is 8.82. The van der Waals surface area contributed by atoms with Crippen LogP contribution in [0.2, 0.25) is 0 Å². The Morgan fingerprint density at radius 1 is 1.27 bits per heavy atom. The van der Waals surface area contributed by atoms with Crippen LogP contribution in [0, 0.1) is 6.92 Å². The van der Waals surface area contributed by atoms with Crippen LogP contribution in [0.1, 0.15) is 18.4 Å². The molecule has 2 N–H and O–H groups in total. The lowest BCUT2D eigenvalue weighted by Gasteiger charge is -2.32. The van der Waals surface area contributed by atoms with E-state index >= 15 is 0 Å². The van der Waals surface area contributed by atoms with Crippen molar-refractivity contribution in [1.29, 1.82) is 0 Å². The summed E-state index contributed by atoms with van der Waals surface area (Å²) < 4.78 is 5.55. The largest absolute Gasteiger partial charge is 0.490 e. The number of aromatic nitrogens is 2. The topological polar surface area (TPSA) is 87.6 Å². The zero-order chi connectivity index (χ0) is 18.4. The molecular formula is C19H24N4O3. The highest BCUT2D eigenvalue weighted by molar-refractivity contribution is 5.81. The minimum atomic E-state index is -1.19. The monoisotopic (exact) mass is 356 g/mol. The van der Waals surface area contributed by atoms with Gasteiger partial charge in [0.1, 0.15) is 12.4 Å². The summed E-state index contributed by atoms with van der Waals surface area (Å²) in [6.07, 6.45) is 3.83. The molecule has 2 heterocycles. The van der Waals surface area contributed by atoms with Crippen LogP contribution in [-0.4, -0.2) is 52.8 Å². The van der Waals surface area contributed by atoms with E-state index in [2.05, 4.69) is 20.2 Å². The van der Waals surface area contributed by atoms with E-state index in [0.29, 0.717) is 11.7 Å². The van der Waals surface area contributed by atoms with Crippen LogP contribution in [-0.2, 0) is 4.79 Å². The summed E-state index contributed by atoms with van der Waals surface area (Å²) in [7, 11) is 0. The Morgan fingerprint density at radius 2 is 1.96 bits per heavy atom. The number of aryl methyl sites for hydroxylation is 1. The van der Waals surface area contributed by atoms with Crippen molar-refractivity contribution >= 4 is 11.9 Å². The molecule has 7 nitrogen and oxygen atoms in total. The van der Waals surface area contributed by atoms with Gasteiger partial charge in [0.2, 0.25) is 5.95 Å². The average Bonchev–Trinajstić information content (AvgIpc) is 2.68. The number of aliphatic hydroxyl groups excluding tert-OH is 1. The van der Waals surface area contributed by atoms with Gasteiger partial charge in [0.15, 0.2) is 6.10 Å². The molecule has 0 aliphatic carbocycles. The highest BCUT2D eigenvalue weighted by atomic mass is 16.5. The highest BCUT2D eigenvalue weighted by Crippen LogP contribution is 2.17. The molecule has 3 rings (SSSR count). The van der Waals surface area contributed by atoms with Crippen molar-refractivity contribution < 1.29 is 14.6 Å². The van der Waals surface area contributed by atoms with Crippen molar-refractivity contribution in [2.24, 2.45) is 0 Å². The lowest BCUT2D eigenvalue weighted by Crippen LogP contribution is -2.49. The summed E-state index contributed by atoms with van der Waals surface area (Å²) >= 11 is 0. The van der Waals surface area contributed by atoms with Crippen LogP contribution in [0.5, 0.6) is 5.75 Å². The molecule has 1 saturated heterocycles. The van der Waals surface area contributed by atoms with Gasteiger partial charge in [0.05, 0.1) is 0 Å². The van der Waals surface area contributed by atoms with Gasteiger partial charge >= 0.3 is 0 Å². The Bertz CT molecular complexity index is 718. The molecular weight excluding hydrogens is 332 g/mol. The van der Waals surface area contributed by atoms with Crippen LogP contribution in [0.15, 0.2) is 42.7 Å². The standard InChI is InChI=1S/C19H24N4O3/c1-14-5-2-3-6-17(14)26-13-16(24)18(25)22-15-7-11-23(12-8-15)19-20-9-4-10-21-19/h2-6,9-10,15-16,24H,7-8,11-13H2,1H3,(H,22,25)/t16-/m1/s1. The predicted octanol–water partition coefficient (Wildman–Crippen LogP) is 1.31. The van der Waals surface area contributed by atoms with Crippen molar-refractivity contribution in [3.05, 3.63) is 48.3 Å². The van der Waals surface area contributed by atoms with Crippen LogP contribution in [0.3, 0.4) is 0 Å². The molecule has 2 aromatic rings. The molecule has 138 valence electrons. The average molecular weight is 356 g/mol. The summed E-state index contributed by atoms with van der Waals surface area (Å²) in [5, 5.41) is 13.0. The third-order valence-corrected chi connectivity index (χ3v) is 4.47. The Hall–Kier alpha value is -2.67. The first kappa shape index (κ1) is 18.1. The second-order valence-electron chi connectivity index (χ2n) is 6.41. The smallest absolute Gasteiger partial charge is 0.252 e. The number of para-hydroxylation sites is 1. The molecule has 1 aliphatic heterocycles. The van der Waals surface area contributed by atoms with E-state index in [9.17, 15) is 9.90 Å². The summed E-state index contributed by atoms with van der Waals surface area (Å²) in [4.78, 5) is 22.8. The minimum absolute atomic E-state index is 0.0376. The molecule has 0 unspecified atom stereocenters. The molecule has 26 heavy (non-hydrogen) atoms. The normalized spacial score (nSPS) is 16.2. The number of benzene rings is 1. The number of anilines is 1. The van der Waals surface area contributed by atoms with E-state index in [1.807, 2.05) is 31.2 Å². The third kappa shape index (κ3) is 4.70. The maximum atomic E-state index is 12.2. The number of carbonyl (C=O) groups excluding carboxylic acids is 1. The van der Waals surface area contributed by atoms with Crippen LogP contribution < -0.4 is 15.0 Å². The zero-order valence-corrected chi connectivity index (χ0v) is 14.8. The minimum Gasteiger partial charge on any atom is -0.490 e. The lowest BCUT2D eigenvalue weighted by atomic mass is 10.1. The van der Waals surface area contributed by atoms with Gasteiger partial charge in [-0.25, -0.2) is 9.97 Å². The number of nitrogens with zero attached hydrogens (tertiary/aromatic N) is 3. The Kier molecular flexibility index (Phi) is 6.01. The number of piperidine rings is 1. The van der Waals surface area contributed by atoms with E-state index in [-0.39, 0.29) is 12.6 Å². The number of aliphatic hydroxyl groups is 1. The Balaban J connectivity index is 1.43. The molecule has 1 aromatic carbocycles. The van der Waals surface area contributed by atoms with E-state index in [4.69, 9.17) is 4.74 Å². The van der Waals surface area contributed by atoms with Gasteiger partial charge in [-0.15, -0.1) is 0 Å². The van der Waals surface area contributed by atoms with Gasteiger partial charge in [-0.05, 0) is 37.5 Å². The van der Waals surface area contributed by atoms with E-state index < -0.39 is 12.0 Å². The molecule has 0 bridgehead atoms. The van der Waals surface area contributed by atoms with Gasteiger partial charge in [0, 0.05) is 31.5 Å². The van der Waals surface area contributed by atoms with Gasteiger partial charge < -0.3 is 20.1 Å².